The average Bonchev–Trinajstić information content (AvgIpc) is 2.38. The number of amides is 1. The van der Waals surface area contributed by atoms with E-state index in [2.05, 4.69) is 0 Å². The van der Waals surface area contributed by atoms with Crippen molar-refractivity contribution in [3.8, 4) is 0 Å². The van der Waals surface area contributed by atoms with Crippen LogP contribution in [0.4, 0.5) is 4.39 Å². The summed E-state index contributed by atoms with van der Waals surface area (Å²) in [5, 5.41) is 0. The van der Waals surface area contributed by atoms with Gasteiger partial charge in [0.1, 0.15) is 12.4 Å². The number of carbonyl (C=O) groups is 2. The Hall–Kier alpha value is -1.91. The van der Waals surface area contributed by atoms with Gasteiger partial charge in [0.15, 0.2) is 0 Å². The van der Waals surface area contributed by atoms with Crippen LogP contribution in [0.25, 0.3) is 0 Å². The molecule has 0 radical (unpaired) electrons. The number of ether oxygens (including phenoxy) is 1. The van der Waals surface area contributed by atoms with Crippen LogP contribution in [0.2, 0.25) is 0 Å². The first-order valence-corrected chi connectivity index (χ1v) is 6.59. The predicted molar refractivity (Wildman–Crippen MR) is 73.9 cm³/mol. The Kier molecular flexibility index (Phi) is 5.67. The highest BCUT2D eigenvalue weighted by atomic mass is 19.1. The van der Waals surface area contributed by atoms with Crippen LogP contribution < -0.4 is 0 Å². The summed E-state index contributed by atoms with van der Waals surface area (Å²) in [5.74, 6) is -1.59. The van der Waals surface area contributed by atoms with Gasteiger partial charge in [0.05, 0.1) is 12.2 Å². The highest BCUT2D eigenvalue weighted by Crippen LogP contribution is 2.14. The largest absolute Gasteiger partial charge is 0.465 e. The third-order valence-corrected chi connectivity index (χ3v) is 2.84. The van der Waals surface area contributed by atoms with Gasteiger partial charge in [-0.25, -0.2) is 4.39 Å². The number of benzene rings is 1. The Morgan fingerprint density at radius 2 is 2.00 bits per heavy atom. The second-order valence-electron chi connectivity index (χ2n) is 4.82. The Balaban J connectivity index is 2.99. The zero-order chi connectivity index (χ0) is 15.3. The van der Waals surface area contributed by atoms with Crippen molar-refractivity contribution in [3.05, 3.63) is 35.1 Å². The maximum Gasteiger partial charge on any atom is 0.325 e. The molecule has 0 fully saturated rings. The minimum Gasteiger partial charge on any atom is -0.465 e. The van der Waals surface area contributed by atoms with E-state index in [0.717, 1.165) is 5.56 Å². The van der Waals surface area contributed by atoms with Gasteiger partial charge >= 0.3 is 5.97 Å². The summed E-state index contributed by atoms with van der Waals surface area (Å²) in [6, 6.07) is 4.10. The summed E-state index contributed by atoms with van der Waals surface area (Å²) in [5.41, 5.74) is 0.762. The van der Waals surface area contributed by atoms with Crippen LogP contribution in [-0.2, 0) is 9.53 Å². The van der Waals surface area contributed by atoms with E-state index >= 15 is 0 Å². The number of aryl methyl sites for hydroxylation is 1. The van der Waals surface area contributed by atoms with Crippen molar-refractivity contribution < 1.29 is 18.7 Å². The molecule has 1 rings (SSSR count). The molecule has 0 aliphatic rings. The number of hydrogen-bond acceptors (Lipinski definition) is 3. The molecule has 0 saturated carbocycles. The molecule has 5 heteroatoms. The molecule has 0 heterocycles. The number of carbonyl (C=O) groups excluding carboxylic acids is 2. The van der Waals surface area contributed by atoms with Crippen molar-refractivity contribution in [3.63, 3.8) is 0 Å². The standard InChI is InChI=1S/C15H20FNO3/c1-5-20-14(18)9-17(10(2)3)15(19)12-8-11(4)6-7-13(12)16/h6-8,10H,5,9H2,1-4H3. The van der Waals surface area contributed by atoms with Gasteiger partial charge in [-0.1, -0.05) is 11.6 Å². The lowest BCUT2D eigenvalue weighted by Crippen LogP contribution is -2.41. The summed E-state index contributed by atoms with van der Waals surface area (Å²) in [4.78, 5) is 25.2. The quantitative estimate of drug-likeness (QED) is 0.779. The molecule has 0 aliphatic heterocycles. The van der Waals surface area contributed by atoms with Crippen LogP contribution in [-0.4, -0.2) is 36.0 Å². The van der Waals surface area contributed by atoms with Crippen LogP contribution in [0.1, 0.15) is 36.7 Å². The summed E-state index contributed by atoms with van der Waals surface area (Å²) in [7, 11) is 0. The van der Waals surface area contributed by atoms with E-state index in [1.54, 1.807) is 33.8 Å². The Morgan fingerprint density at radius 3 is 2.55 bits per heavy atom. The zero-order valence-electron chi connectivity index (χ0n) is 12.3. The van der Waals surface area contributed by atoms with Gasteiger partial charge < -0.3 is 9.64 Å². The molecule has 110 valence electrons. The van der Waals surface area contributed by atoms with E-state index in [-0.39, 0.29) is 24.8 Å². The van der Waals surface area contributed by atoms with Crippen molar-refractivity contribution in [1.82, 2.24) is 4.90 Å². The summed E-state index contributed by atoms with van der Waals surface area (Å²) in [6.45, 7) is 7.08. The second kappa shape index (κ2) is 7.03. The minimum absolute atomic E-state index is 0.0250. The maximum absolute atomic E-state index is 13.8. The lowest BCUT2D eigenvalue weighted by Gasteiger charge is -2.26. The van der Waals surface area contributed by atoms with E-state index in [1.165, 1.54) is 17.0 Å². The lowest BCUT2D eigenvalue weighted by molar-refractivity contribution is -0.144. The van der Waals surface area contributed by atoms with Gasteiger partial charge in [-0.05, 0) is 39.8 Å². The number of rotatable bonds is 5. The zero-order valence-corrected chi connectivity index (χ0v) is 12.3. The van der Waals surface area contributed by atoms with Gasteiger partial charge in [0, 0.05) is 6.04 Å². The SMILES string of the molecule is CCOC(=O)CN(C(=O)c1cc(C)ccc1F)C(C)C. The molecule has 1 aromatic rings. The molecule has 1 aromatic carbocycles. The first kappa shape index (κ1) is 16.1. The van der Waals surface area contributed by atoms with Gasteiger partial charge in [-0.2, -0.15) is 0 Å². The minimum atomic E-state index is -0.588. The topological polar surface area (TPSA) is 46.6 Å². The van der Waals surface area contributed by atoms with Crippen molar-refractivity contribution in [1.29, 1.82) is 0 Å². The van der Waals surface area contributed by atoms with E-state index in [1.807, 2.05) is 0 Å². The molecule has 0 unspecified atom stereocenters. The van der Waals surface area contributed by atoms with Crippen molar-refractivity contribution in [2.24, 2.45) is 0 Å². The van der Waals surface area contributed by atoms with Crippen LogP contribution in [0.5, 0.6) is 0 Å². The van der Waals surface area contributed by atoms with Gasteiger partial charge in [0.2, 0.25) is 0 Å². The molecule has 0 aliphatic carbocycles. The molecule has 20 heavy (non-hydrogen) atoms. The van der Waals surface area contributed by atoms with E-state index in [0.29, 0.717) is 0 Å². The highest BCUT2D eigenvalue weighted by molar-refractivity contribution is 5.96. The van der Waals surface area contributed by atoms with E-state index < -0.39 is 17.7 Å². The van der Waals surface area contributed by atoms with Crippen molar-refractivity contribution in [2.45, 2.75) is 33.7 Å². The maximum atomic E-state index is 13.8. The van der Waals surface area contributed by atoms with Crippen molar-refractivity contribution in [2.75, 3.05) is 13.2 Å². The molecular weight excluding hydrogens is 261 g/mol. The molecule has 0 N–H and O–H groups in total. The number of hydrogen-bond donors (Lipinski definition) is 0. The molecule has 0 saturated heterocycles. The monoisotopic (exact) mass is 281 g/mol. The second-order valence-corrected chi connectivity index (χ2v) is 4.82. The van der Waals surface area contributed by atoms with E-state index in [9.17, 15) is 14.0 Å². The fourth-order valence-corrected chi connectivity index (χ4v) is 1.79. The van der Waals surface area contributed by atoms with Crippen LogP contribution in [0, 0.1) is 12.7 Å². The highest BCUT2D eigenvalue weighted by Gasteiger charge is 2.24. The molecule has 4 nitrogen and oxygen atoms in total. The molecule has 0 spiro atoms. The van der Waals surface area contributed by atoms with Gasteiger partial charge in [-0.15, -0.1) is 0 Å². The molecule has 0 bridgehead atoms. The number of esters is 1. The predicted octanol–water partition coefficient (Wildman–Crippen LogP) is 2.55. The average molecular weight is 281 g/mol. The molecule has 1 amide bonds. The molecule has 0 aromatic heterocycles. The normalized spacial score (nSPS) is 10.5. The van der Waals surface area contributed by atoms with Gasteiger partial charge in [0.25, 0.3) is 5.91 Å². The lowest BCUT2D eigenvalue weighted by atomic mass is 10.1. The Morgan fingerprint density at radius 1 is 1.35 bits per heavy atom. The third-order valence-electron chi connectivity index (χ3n) is 2.84. The first-order chi connectivity index (χ1) is 9.36. The number of nitrogens with zero attached hydrogens (tertiary/aromatic N) is 1. The summed E-state index contributed by atoms with van der Waals surface area (Å²) < 4.78 is 18.6. The number of halogens is 1. The van der Waals surface area contributed by atoms with Crippen LogP contribution in [0.3, 0.4) is 0 Å². The smallest absolute Gasteiger partial charge is 0.325 e. The fraction of sp³-hybridized carbons (Fsp3) is 0.467. The third kappa shape index (κ3) is 4.05. The molecular formula is C15H20FNO3. The summed E-state index contributed by atoms with van der Waals surface area (Å²) in [6.07, 6.45) is 0. The fourth-order valence-electron chi connectivity index (χ4n) is 1.79. The van der Waals surface area contributed by atoms with Gasteiger partial charge in [-0.3, -0.25) is 9.59 Å². The van der Waals surface area contributed by atoms with E-state index in [4.69, 9.17) is 4.74 Å². The first-order valence-electron chi connectivity index (χ1n) is 6.59. The molecule has 0 atom stereocenters. The van der Waals surface area contributed by atoms with Crippen LogP contribution in [0.15, 0.2) is 18.2 Å². The Labute approximate surface area is 118 Å². The van der Waals surface area contributed by atoms with Crippen molar-refractivity contribution >= 4 is 11.9 Å². The Bertz CT molecular complexity index is 500. The summed E-state index contributed by atoms with van der Waals surface area (Å²) >= 11 is 0. The van der Waals surface area contributed by atoms with Crippen LogP contribution >= 0.6 is 0 Å².